The van der Waals surface area contributed by atoms with Crippen LogP contribution in [0.25, 0.3) is 0 Å². The lowest BCUT2D eigenvalue weighted by molar-refractivity contribution is -0.147. The Hall–Kier alpha value is -3.68. The Labute approximate surface area is 193 Å². The van der Waals surface area contributed by atoms with Crippen molar-refractivity contribution in [3.8, 4) is 0 Å². The summed E-state index contributed by atoms with van der Waals surface area (Å²) in [7, 11) is 0. The Bertz CT molecular complexity index is 965. The number of nitrogens with one attached hydrogen (secondary N) is 2. The quantitative estimate of drug-likeness (QED) is 0.390. The Morgan fingerprint density at radius 2 is 1.48 bits per heavy atom. The molecule has 0 aliphatic heterocycles. The number of carbonyl (C=O) groups is 4. The fourth-order valence-electron chi connectivity index (χ4n) is 2.93. The van der Waals surface area contributed by atoms with Gasteiger partial charge in [-0.3, -0.25) is 14.4 Å². The molecule has 0 bridgehead atoms. The van der Waals surface area contributed by atoms with Crippen molar-refractivity contribution in [2.75, 3.05) is 23.8 Å². The van der Waals surface area contributed by atoms with Crippen molar-refractivity contribution in [3.05, 3.63) is 59.2 Å². The first-order valence-electron chi connectivity index (χ1n) is 10.9. The van der Waals surface area contributed by atoms with Crippen LogP contribution in [-0.2, 0) is 23.9 Å². The van der Waals surface area contributed by atoms with Crippen molar-refractivity contribution >= 4 is 35.1 Å². The van der Waals surface area contributed by atoms with Crippen LogP contribution < -0.4 is 10.6 Å². The number of benzene rings is 2. The summed E-state index contributed by atoms with van der Waals surface area (Å²) in [5.41, 5.74) is 3.44. The number of hydrogen-bond acceptors (Lipinski definition) is 6. The second-order valence-electron chi connectivity index (χ2n) is 7.59. The maximum absolute atomic E-state index is 12.1. The number of aryl methyl sites for hydroxylation is 2. The van der Waals surface area contributed by atoms with Gasteiger partial charge in [0, 0.05) is 17.8 Å². The minimum atomic E-state index is -0.646. The molecule has 2 rings (SSSR count). The van der Waals surface area contributed by atoms with Crippen molar-refractivity contribution in [1.82, 2.24) is 0 Å². The number of anilines is 2. The van der Waals surface area contributed by atoms with Crippen LogP contribution in [0.3, 0.4) is 0 Å². The van der Waals surface area contributed by atoms with E-state index in [0.29, 0.717) is 17.9 Å². The minimum Gasteiger partial charge on any atom is -0.462 e. The van der Waals surface area contributed by atoms with E-state index in [4.69, 9.17) is 9.47 Å². The molecule has 2 N–H and O–H groups in total. The molecule has 0 aliphatic carbocycles. The van der Waals surface area contributed by atoms with Crippen molar-refractivity contribution in [3.63, 3.8) is 0 Å². The lowest BCUT2D eigenvalue weighted by Gasteiger charge is -2.11. The number of hydrogen-bond donors (Lipinski definition) is 2. The molecule has 0 spiro atoms. The van der Waals surface area contributed by atoms with E-state index in [2.05, 4.69) is 10.6 Å². The van der Waals surface area contributed by atoms with Gasteiger partial charge in [0.25, 0.3) is 5.91 Å². The lowest BCUT2D eigenvalue weighted by Crippen LogP contribution is -2.22. The van der Waals surface area contributed by atoms with Crippen LogP contribution in [0.1, 0.15) is 54.1 Å². The van der Waals surface area contributed by atoms with Gasteiger partial charge >= 0.3 is 11.9 Å². The second kappa shape index (κ2) is 13.0. The van der Waals surface area contributed by atoms with E-state index in [1.807, 2.05) is 39.0 Å². The highest BCUT2D eigenvalue weighted by atomic mass is 16.5. The summed E-state index contributed by atoms with van der Waals surface area (Å²) < 4.78 is 10.1. The van der Waals surface area contributed by atoms with Gasteiger partial charge < -0.3 is 20.1 Å². The Morgan fingerprint density at radius 1 is 0.818 bits per heavy atom. The van der Waals surface area contributed by atoms with E-state index >= 15 is 0 Å². The Balaban J connectivity index is 1.71. The largest absolute Gasteiger partial charge is 0.462 e. The predicted octanol–water partition coefficient (Wildman–Crippen LogP) is 4.16. The van der Waals surface area contributed by atoms with Crippen LogP contribution in [0.4, 0.5) is 11.4 Å². The molecule has 0 fully saturated rings. The van der Waals surface area contributed by atoms with Crippen LogP contribution in [0, 0.1) is 13.8 Å². The van der Waals surface area contributed by atoms with Gasteiger partial charge in [-0.25, -0.2) is 4.79 Å². The molecule has 176 valence electrons. The fourth-order valence-corrected chi connectivity index (χ4v) is 2.93. The van der Waals surface area contributed by atoms with Gasteiger partial charge in [0.1, 0.15) is 0 Å². The van der Waals surface area contributed by atoms with Gasteiger partial charge in [-0.2, -0.15) is 0 Å². The van der Waals surface area contributed by atoms with E-state index < -0.39 is 24.5 Å². The fraction of sp³-hybridized carbons (Fsp3) is 0.360. The zero-order valence-corrected chi connectivity index (χ0v) is 19.2. The maximum Gasteiger partial charge on any atom is 0.338 e. The first kappa shape index (κ1) is 25.6. The predicted molar refractivity (Wildman–Crippen MR) is 125 cm³/mol. The van der Waals surface area contributed by atoms with Crippen molar-refractivity contribution in [1.29, 1.82) is 0 Å². The number of unbranched alkanes of at least 4 members (excludes halogenated alkanes) is 1. The monoisotopic (exact) mass is 454 g/mol. The maximum atomic E-state index is 12.1. The number of esters is 2. The van der Waals surface area contributed by atoms with Crippen LogP contribution in [-0.4, -0.2) is 37.0 Å². The van der Waals surface area contributed by atoms with Gasteiger partial charge in [-0.05, 0) is 55.7 Å². The third kappa shape index (κ3) is 8.76. The third-order valence-corrected chi connectivity index (χ3v) is 4.80. The normalized spacial score (nSPS) is 10.3. The first-order valence-corrected chi connectivity index (χ1v) is 10.9. The highest BCUT2D eigenvalue weighted by molar-refractivity contribution is 5.95. The highest BCUT2D eigenvalue weighted by Crippen LogP contribution is 2.19. The Kier molecular flexibility index (Phi) is 10.1. The molecule has 0 unspecified atom stereocenters. The van der Waals surface area contributed by atoms with E-state index in [9.17, 15) is 19.2 Å². The SMILES string of the molecule is CCCCOC(=O)c1ccc(NC(=O)COC(=O)CCC(=O)Nc2c(C)cccc2C)cc1. The van der Waals surface area contributed by atoms with Gasteiger partial charge in [0.2, 0.25) is 5.91 Å². The molecule has 2 amide bonds. The molecule has 8 nitrogen and oxygen atoms in total. The van der Waals surface area contributed by atoms with E-state index in [1.54, 1.807) is 24.3 Å². The molecule has 33 heavy (non-hydrogen) atoms. The number of amides is 2. The molecular formula is C25H30N2O6. The molecule has 0 heterocycles. The molecule has 0 aromatic heterocycles. The summed E-state index contributed by atoms with van der Waals surface area (Å²) in [4.78, 5) is 47.9. The van der Waals surface area contributed by atoms with Crippen LogP contribution >= 0.6 is 0 Å². The standard InChI is InChI=1S/C25H30N2O6/c1-4-5-15-32-25(31)19-9-11-20(12-10-19)26-22(29)16-33-23(30)14-13-21(28)27-24-17(2)7-6-8-18(24)3/h6-12H,4-5,13-16H2,1-3H3,(H,26,29)(H,27,28). The molecular weight excluding hydrogens is 424 g/mol. The molecule has 0 radical (unpaired) electrons. The number of ether oxygens (including phenoxy) is 2. The van der Waals surface area contributed by atoms with Crippen LogP contribution in [0.5, 0.6) is 0 Å². The molecule has 0 aliphatic rings. The molecule has 2 aromatic rings. The molecule has 0 atom stereocenters. The van der Waals surface area contributed by atoms with E-state index in [0.717, 1.165) is 29.7 Å². The first-order chi connectivity index (χ1) is 15.8. The zero-order chi connectivity index (χ0) is 24.2. The number of para-hydroxylation sites is 1. The number of carbonyl (C=O) groups excluding carboxylic acids is 4. The van der Waals surface area contributed by atoms with Gasteiger partial charge in [-0.15, -0.1) is 0 Å². The van der Waals surface area contributed by atoms with E-state index in [-0.39, 0.29) is 18.7 Å². The highest BCUT2D eigenvalue weighted by Gasteiger charge is 2.13. The van der Waals surface area contributed by atoms with Crippen molar-refractivity contribution in [2.45, 2.75) is 46.5 Å². The zero-order valence-electron chi connectivity index (χ0n) is 19.2. The summed E-state index contributed by atoms with van der Waals surface area (Å²) in [6, 6.07) is 11.9. The average molecular weight is 455 g/mol. The summed E-state index contributed by atoms with van der Waals surface area (Å²) in [6.45, 7) is 5.68. The lowest BCUT2D eigenvalue weighted by atomic mass is 10.1. The Morgan fingerprint density at radius 3 is 2.12 bits per heavy atom. The minimum absolute atomic E-state index is 0.0515. The molecule has 2 aromatic carbocycles. The molecule has 8 heteroatoms. The summed E-state index contributed by atoms with van der Waals surface area (Å²) >= 11 is 0. The van der Waals surface area contributed by atoms with Crippen molar-refractivity contribution < 1.29 is 28.7 Å². The van der Waals surface area contributed by atoms with Crippen LogP contribution in [0.15, 0.2) is 42.5 Å². The van der Waals surface area contributed by atoms with Gasteiger partial charge in [0.15, 0.2) is 6.61 Å². The van der Waals surface area contributed by atoms with Crippen LogP contribution in [0.2, 0.25) is 0 Å². The summed E-state index contributed by atoms with van der Waals surface area (Å²) in [5, 5.41) is 5.38. The van der Waals surface area contributed by atoms with Crippen molar-refractivity contribution in [2.24, 2.45) is 0 Å². The number of rotatable bonds is 11. The average Bonchev–Trinajstić information content (AvgIpc) is 2.79. The second-order valence-corrected chi connectivity index (χ2v) is 7.59. The summed E-state index contributed by atoms with van der Waals surface area (Å²) in [5.74, 6) is -1.90. The molecule has 0 saturated carbocycles. The van der Waals surface area contributed by atoms with Gasteiger partial charge in [-0.1, -0.05) is 31.5 Å². The topological polar surface area (TPSA) is 111 Å². The molecule has 0 saturated heterocycles. The third-order valence-electron chi connectivity index (χ3n) is 4.80. The van der Waals surface area contributed by atoms with Gasteiger partial charge in [0.05, 0.1) is 18.6 Å². The summed E-state index contributed by atoms with van der Waals surface area (Å²) in [6.07, 6.45) is 1.54. The smallest absolute Gasteiger partial charge is 0.338 e. The van der Waals surface area contributed by atoms with E-state index in [1.165, 1.54) is 0 Å².